The number of pyridine rings is 2. The van der Waals surface area contributed by atoms with Gasteiger partial charge in [-0.1, -0.05) is 0 Å². The number of hydrogen-bond donors (Lipinski definition) is 2. The second-order valence-electron chi connectivity index (χ2n) is 9.18. The Kier molecular flexibility index (Phi) is 5.63. The van der Waals surface area contributed by atoms with Crippen molar-refractivity contribution in [2.24, 2.45) is 0 Å². The summed E-state index contributed by atoms with van der Waals surface area (Å²) in [6.07, 6.45) is 7.21. The van der Waals surface area contributed by atoms with Crippen molar-refractivity contribution in [3.8, 4) is 11.4 Å². The summed E-state index contributed by atoms with van der Waals surface area (Å²) in [5, 5.41) is 6.55. The Balaban J connectivity index is 1.33. The number of nitrogens with one attached hydrogen (secondary N) is 2. The first kappa shape index (κ1) is 22.2. The number of hydrogen-bond acceptors (Lipinski definition) is 7. The van der Waals surface area contributed by atoms with Crippen LogP contribution >= 0.6 is 0 Å². The summed E-state index contributed by atoms with van der Waals surface area (Å²) in [6, 6.07) is 5.53. The van der Waals surface area contributed by atoms with Gasteiger partial charge in [-0.05, 0) is 56.9 Å². The first-order chi connectivity index (χ1) is 16.4. The van der Waals surface area contributed by atoms with E-state index in [9.17, 15) is 9.18 Å². The lowest BCUT2D eigenvalue weighted by atomic mass is 9.86. The molecule has 0 bridgehead atoms. The van der Waals surface area contributed by atoms with Gasteiger partial charge in [-0.25, -0.2) is 24.3 Å². The molecule has 2 aliphatic rings. The molecule has 8 nitrogen and oxygen atoms in total. The molecule has 1 amide bonds. The van der Waals surface area contributed by atoms with E-state index in [0.717, 1.165) is 41.9 Å². The van der Waals surface area contributed by atoms with Crippen LogP contribution in [0.15, 0.2) is 36.8 Å². The van der Waals surface area contributed by atoms with Crippen molar-refractivity contribution in [3.05, 3.63) is 59.4 Å². The molecule has 3 aromatic heterocycles. The van der Waals surface area contributed by atoms with E-state index in [1.54, 1.807) is 38.5 Å². The monoisotopic (exact) mass is 461 g/mol. The predicted octanol–water partition coefficient (Wildman–Crippen LogP) is 3.56. The third-order valence-corrected chi connectivity index (χ3v) is 7.00. The molecule has 34 heavy (non-hydrogen) atoms. The van der Waals surface area contributed by atoms with Gasteiger partial charge >= 0.3 is 0 Å². The number of halogens is 1. The number of nitrogens with zero attached hydrogens (tertiary/aromatic N) is 5. The SMILES string of the molecule is CNc1cc([C@@H](C)C(=O)N2CC[C@@]3(CCc4cc(-c5ncccn5)c(C)nc4N3)C2)c(F)cn1. The van der Waals surface area contributed by atoms with Crippen molar-refractivity contribution >= 4 is 17.5 Å². The van der Waals surface area contributed by atoms with Crippen molar-refractivity contribution in [1.29, 1.82) is 0 Å². The molecule has 5 heterocycles. The largest absolute Gasteiger partial charge is 0.373 e. The van der Waals surface area contributed by atoms with Crippen LogP contribution in [-0.2, 0) is 11.2 Å². The van der Waals surface area contributed by atoms with Gasteiger partial charge in [0.2, 0.25) is 5.91 Å². The standard InChI is InChI=1S/C25H28FN7O/c1-15(18-12-21(27-3)30-13-20(18)26)24(34)33-10-7-25(14-33)6-5-17-11-19(16(2)31-22(17)32-25)23-28-8-4-9-29-23/h4,8-9,11-13,15H,5-7,10,14H2,1-3H3,(H,27,30)(H,31,32)/t15-,25+/m1/s1. The van der Waals surface area contributed by atoms with Crippen molar-refractivity contribution in [2.75, 3.05) is 30.8 Å². The van der Waals surface area contributed by atoms with Crippen molar-refractivity contribution in [3.63, 3.8) is 0 Å². The molecule has 9 heteroatoms. The Morgan fingerprint density at radius 1 is 1.24 bits per heavy atom. The number of anilines is 2. The number of rotatable bonds is 4. The Morgan fingerprint density at radius 3 is 2.79 bits per heavy atom. The highest BCUT2D eigenvalue weighted by Gasteiger charge is 2.43. The first-order valence-corrected chi connectivity index (χ1v) is 11.6. The maximum Gasteiger partial charge on any atom is 0.230 e. The number of carbonyl (C=O) groups is 1. The molecule has 0 aromatic carbocycles. The van der Waals surface area contributed by atoms with Crippen LogP contribution in [0, 0.1) is 12.7 Å². The normalized spacial score (nSPS) is 20.1. The zero-order chi connectivity index (χ0) is 23.9. The molecule has 3 aromatic rings. The van der Waals surface area contributed by atoms with Crippen LogP contribution in [-0.4, -0.2) is 56.4 Å². The maximum atomic E-state index is 14.4. The molecule has 1 spiro atoms. The number of aromatic nitrogens is 4. The topological polar surface area (TPSA) is 95.9 Å². The fourth-order valence-corrected chi connectivity index (χ4v) is 4.99. The molecule has 1 fully saturated rings. The summed E-state index contributed by atoms with van der Waals surface area (Å²) in [6.45, 7) is 4.92. The minimum atomic E-state index is -0.588. The van der Waals surface area contributed by atoms with Gasteiger partial charge in [-0.15, -0.1) is 0 Å². The zero-order valence-corrected chi connectivity index (χ0v) is 19.6. The van der Waals surface area contributed by atoms with Crippen LogP contribution in [0.4, 0.5) is 16.0 Å². The second kappa shape index (κ2) is 8.62. The van der Waals surface area contributed by atoms with E-state index in [0.29, 0.717) is 30.3 Å². The van der Waals surface area contributed by atoms with Crippen molar-refractivity contribution in [2.45, 2.75) is 44.6 Å². The lowest BCUT2D eigenvalue weighted by Crippen LogP contribution is -2.46. The Hall–Kier alpha value is -3.62. The lowest BCUT2D eigenvalue weighted by Gasteiger charge is -2.36. The Labute approximate surface area is 198 Å². The van der Waals surface area contributed by atoms with Crippen LogP contribution in [0.3, 0.4) is 0 Å². The molecule has 176 valence electrons. The molecular formula is C25H28FN7O. The molecule has 2 N–H and O–H groups in total. The van der Waals surface area contributed by atoms with E-state index < -0.39 is 11.7 Å². The predicted molar refractivity (Wildman–Crippen MR) is 128 cm³/mol. The second-order valence-corrected chi connectivity index (χ2v) is 9.18. The molecular weight excluding hydrogens is 433 g/mol. The van der Waals surface area contributed by atoms with E-state index in [1.807, 2.05) is 11.8 Å². The third kappa shape index (κ3) is 3.95. The minimum Gasteiger partial charge on any atom is -0.373 e. The van der Waals surface area contributed by atoms with Gasteiger partial charge in [-0.2, -0.15) is 0 Å². The van der Waals surface area contributed by atoms with E-state index >= 15 is 0 Å². The van der Waals surface area contributed by atoms with Crippen LogP contribution in [0.1, 0.15) is 42.5 Å². The van der Waals surface area contributed by atoms with Crippen molar-refractivity contribution in [1.82, 2.24) is 24.8 Å². The summed E-state index contributed by atoms with van der Waals surface area (Å²) in [4.78, 5) is 32.7. The highest BCUT2D eigenvalue weighted by molar-refractivity contribution is 5.84. The van der Waals surface area contributed by atoms with Crippen LogP contribution in [0.2, 0.25) is 0 Å². The summed E-state index contributed by atoms with van der Waals surface area (Å²) < 4.78 is 14.4. The average molecular weight is 462 g/mol. The van der Waals surface area contributed by atoms with E-state index in [4.69, 9.17) is 4.98 Å². The fraction of sp³-hybridized carbons (Fsp3) is 0.400. The molecule has 0 radical (unpaired) electrons. The minimum absolute atomic E-state index is 0.0719. The van der Waals surface area contributed by atoms with Gasteiger partial charge in [0.15, 0.2) is 5.82 Å². The number of fused-ring (bicyclic) bond motifs is 1. The van der Waals surface area contributed by atoms with Gasteiger partial charge < -0.3 is 15.5 Å². The van der Waals surface area contributed by atoms with Gasteiger partial charge in [-0.3, -0.25) is 4.79 Å². The van der Waals surface area contributed by atoms with Gasteiger partial charge in [0.1, 0.15) is 17.5 Å². The lowest BCUT2D eigenvalue weighted by molar-refractivity contribution is -0.131. The van der Waals surface area contributed by atoms with Crippen LogP contribution in [0.25, 0.3) is 11.4 Å². The highest BCUT2D eigenvalue weighted by Crippen LogP contribution is 2.38. The van der Waals surface area contributed by atoms with Crippen LogP contribution in [0.5, 0.6) is 0 Å². The fourth-order valence-electron chi connectivity index (χ4n) is 4.99. The number of likely N-dealkylation sites (tertiary alicyclic amines) is 1. The zero-order valence-electron chi connectivity index (χ0n) is 19.6. The van der Waals surface area contributed by atoms with Gasteiger partial charge in [0.05, 0.1) is 23.3 Å². The molecule has 2 aliphatic heterocycles. The smallest absolute Gasteiger partial charge is 0.230 e. The average Bonchev–Trinajstić information content (AvgIpc) is 3.26. The molecule has 5 rings (SSSR count). The summed E-state index contributed by atoms with van der Waals surface area (Å²) in [7, 11) is 1.72. The van der Waals surface area contributed by atoms with Gasteiger partial charge in [0, 0.05) is 43.7 Å². The quantitative estimate of drug-likeness (QED) is 0.613. The Morgan fingerprint density at radius 2 is 2.03 bits per heavy atom. The molecule has 0 saturated carbocycles. The summed E-state index contributed by atoms with van der Waals surface area (Å²) in [5.41, 5.74) is 3.08. The summed E-state index contributed by atoms with van der Waals surface area (Å²) in [5.74, 6) is 0.960. The van der Waals surface area contributed by atoms with E-state index in [-0.39, 0.29) is 11.4 Å². The van der Waals surface area contributed by atoms with Crippen LogP contribution < -0.4 is 10.6 Å². The molecule has 2 atom stereocenters. The molecule has 0 unspecified atom stereocenters. The molecule has 0 aliphatic carbocycles. The van der Waals surface area contributed by atoms with E-state index in [2.05, 4.69) is 31.7 Å². The number of carbonyl (C=O) groups excluding carboxylic acids is 1. The maximum absolute atomic E-state index is 14.4. The molecule has 1 saturated heterocycles. The number of aryl methyl sites for hydroxylation is 2. The van der Waals surface area contributed by atoms with Crippen molar-refractivity contribution < 1.29 is 9.18 Å². The van der Waals surface area contributed by atoms with E-state index in [1.165, 1.54) is 6.20 Å². The first-order valence-electron chi connectivity index (χ1n) is 11.6. The summed E-state index contributed by atoms with van der Waals surface area (Å²) >= 11 is 0. The third-order valence-electron chi connectivity index (χ3n) is 7.00. The highest BCUT2D eigenvalue weighted by atomic mass is 19.1. The Bertz CT molecular complexity index is 1240. The number of amides is 1. The van der Waals surface area contributed by atoms with Gasteiger partial charge in [0.25, 0.3) is 0 Å².